The van der Waals surface area contributed by atoms with Crippen LogP contribution in [0.2, 0.25) is 0 Å². The molecule has 2 aromatic carbocycles. The number of benzene rings is 2. The number of amides is 1. The number of anilines is 1. The van der Waals surface area contributed by atoms with Gasteiger partial charge >= 0.3 is 12.1 Å². The topological polar surface area (TPSA) is 64.6 Å². The first kappa shape index (κ1) is 20.3. The molecule has 1 amide bonds. The molecule has 0 aliphatic carbocycles. The molecule has 0 aromatic heterocycles. The Bertz CT molecular complexity index is 814. The fourth-order valence-electron chi connectivity index (χ4n) is 2.28. The minimum atomic E-state index is -4.51. The number of carbonyl (C=O) groups excluding carboxylic acids is 2. The van der Waals surface area contributed by atoms with E-state index < -0.39 is 36.8 Å². The van der Waals surface area contributed by atoms with E-state index in [1.165, 1.54) is 12.1 Å². The summed E-state index contributed by atoms with van der Waals surface area (Å²) >= 11 is 0. The number of esters is 1. The fraction of sp³-hybridized carbons (Fsp3) is 0.263. The lowest BCUT2D eigenvalue weighted by atomic mass is 10.1. The largest absolute Gasteiger partial charge is 0.482 e. The summed E-state index contributed by atoms with van der Waals surface area (Å²) in [6.07, 6.45) is -4.51. The maximum atomic E-state index is 12.6. The van der Waals surface area contributed by atoms with Crippen LogP contribution < -0.4 is 10.1 Å². The minimum Gasteiger partial charge on any atom is -0.482 e. The molecule has 0 heterocycles. The number of nitrogens with one attached hydrogen (secondary N) is 1. The average Bonchev–Trinajstić information content (AvgIpc) is 2.61. The van der Waals surface area contributed by atoms with Crippen molar-refractivity contribution in [1.29, 1.82) is 0 Å². The van der Waals surface area contributed by atoms with E-state index in [-0.39, 0.29) is 5.75 Å². The Morgan fingerprint density at radius 3 is 2.26 bits per heavy atom. The van der Waals surface area contributed by atoms with E-state index in [1.807, 2.05) is 32.0 Å². The third-order valence-electron chi connectivity index (χ3n) is 3.63. The second-order valence-electron chi connectivity index (χ2n) is 5.79. The van der Waals surface area contributed by atoms with Gasteiger partial charge in [0.1, 0.15) is 5.75 Å². The molecule has 2 aromatic rings. The number of alkyl halides is 3. The second kappa shape index (κ2) is 8.57. The summed E-state index contributed by atoms with van der Waals surface area (Å²) in [5.74, 6) is -1.52. The Morgan fingerprint density at radius 1 is 1.00 bits per heavy atom. The van der Waals surface area contributed by atoms with Crippen LogP contribution in [0.4, 0.5) is 18.9 Å². The van der Waals surface area contributed by atoms with Crippen LogP contribution in [-0.2, 0) is 20.5 Å². The van der Waals surface area contributed by atoms with Gasteiger partial charge in [-0.05, 0) is 43.2 Å². The van der Waals surface area contributed by atoms with Crippen molar-refractivity contribution >= 4 is 17.6 Å². The van der Waals surface area contributed by atoms with E-state index in [0.29, 0.717) is 5.69 Å². The molecule has 0 atom stereocenters. The summed E-state index contributed by atoms with van der Waals surface area (Å²) in [5, 5.41) is 2.65. The molecule has 0 saturated heterocycles. The van der Waals surface area contributed by atoms with Gasteiger partial charge < -0.3 is 14.8 Å². The van der Waals surface area contributed by atoms with Crippen molar-refractivity contribution in [2.45, 2.75) is 20.0 Å². The quantitative estimate of drug-likeness (QED) is 0.772. The SMILES string of the molecule is Cc1cccc(C)c1NC(=O)COC(=O)COc1cccc(C(F)(F)F)c1. The molecular formula is C19H18F3NO4. The lowest BCUT2D eigenvalue weighted by molar-refractivity contribution is -0.149. The van der Waals surface area contributed by atoms with E-state index in [0.717, 1.165) is 23.3 Å². The Hall–Kier alpha value is -3.03. The highest BCUT2D eigenvalue weighted by molar-refractivity contribution is 5.94. The van der Waals surface area contributed by atoms with Gasteiger partial charge in [0.05, 0.1) is 5.56 Å². The molecule has 144 valence electrons. The number of aryl methyl sites for hydroxylation is 2. The second-order valence-corrected chi connectivity index (χ2v) is 5.79. The first-order valence-electron chi connectivity index (χ1n) is 7.98. The summed E-state index contributed by atoms with van der Waals surface area (Å²) in [6.45, 7) is 2.52. The molecule has 27 heavy (non-hydrogen) atoms. The van der Waals surface area contributed by atoms with Crippen molar-refractivity contribution in [2.24, 2.45) is 0 Å². The van der Waals surface area contributed by atoms with E-state index in [9.17, 15) is 22.8 Å². The van der Waals surface area contributed by atoms with E-state index in [4.69, 9.17) is 9.47 Å². The van der Waals surface area contributed by atoms with Crippen molar-refractivity contribution in [3.05, 3.63) is 59.2 Å². The van der Waals surface area contributed by atoms with Gasteiger partial charge in [-0.25, -0.2) is 4.79 Å². The van der Waals surface area contributed by atoms with Crippen LogP contribution in [0.5, 0.6) is 5.75 Å². The molecular weight excluding hydrogens is 363 g/mol. The van der Waals surface area contributed by atoms with Crippen molar-refractivity contribution in [1.82, 2.24) is 0 Å². The summed E-state index contributed by atoms with van der Waals surface area (Å²) in [7, 11) is 0. The predicted molar refractivity (Wildman–Crippen MR) is 92.4 cm³/mol. The first-order chi connectivity index (χ1) is 12.7. The number of carbonyl (C=O) groups is 2. The third kappa shape index (κ3) is 6.02. The van der Waals surface area contributed by atoms with E-state index in [2.05, 4.69) is 5.32 Å². The monoisotopic (exact) mass is 381 g/mol. The maximum absolute atomic E-state index is 12.6. The van der Waals surface area contributed by atoms with Gasteiger partial charge in [-0.3, -0.25) is 4.79 Å². The van der Waals surface area contributed by atoms with Gasteiger partial charge in [0.2, 0.25) is 0 Å². The standard InChI is InChI=1S/C19H18F3NO4/c1-12-5-3-6-13(2)18(12)23-16(24)10-27-17(25)11-26-15-8-4-7-14(9-15)19(20,21)22/h3-9H,10-11H2,1-2H3,(H,23,24). The molecule has 2 rings (SSSR count). The van der Waals surface area contributed by atoms with Crippen molar-refractivity contribution in [2.75, 3.05) is 18.5 Å². The van der Waals surface area contributed by atoms with Crippen molar-refractivity contribution in [3.63, 3.8) is 0 Å². The summed E-state index contributed by atoms with van der Waals surface area (Å²) < 4.78 is 47.6. The van der Waals surface area contributed by atoms with Gasteiger partial charge in [0.25, 0.3) is 5.91 Å². The van der Waals surface area contributed by atoms with Gasteiger partial charge in [-0.15, -0.1) is 0 Å². The van der Waals surface area contributed by atoms with Gasteiger partial charge in [0.15, 0.2) is 13.2 Å². The van der Waals surface area contributed by atoms with Crippen LogP contribution in [-0.4, -0.2) is 25.1 Å². The van der Waals surface area contributed by atoms with Gasteiger partial charge in [-0.1, -0.05) is 24.3 Å². The summed E-state index contributed by atoms with van der Waals surface area (Å²) in [5.41, 5.74) is 1.48. The van der Waals surface area contributed by atoms with Crippen LogP contribution in [0.15, 0.2) is 42.5 Å². The molecule has 0 unspecified atom stereocenters. The van der Waals surface area contributed by atoms with Gasteiger partial charge in [0, 0.05) is 5.69 Å². The zero-order chi connectivity index (χ0) is 20.0. The molecule has 0 fully saturated rings. The molecule has 0 saturated carbocycles. The van der Waals surface area contributed by atoms with Crippen LogP contribution >= 0.6 is 0 Å². The Kier molecular flexibility index (Phi) is 6.44. The van der Waals surface area contributed by atoms with E-state index in [1.54, 1.807) is 0 Å². The van der Waals surface area contributed by atoms with Crippen LogP contribution in [0.25, 0.3) is 0 Å². The van der Waals surface area contributed by atoms with Crippen LogP contribution in [0.1, 0.15) is 16.7 Å². The third-order valence-corrected chi connectivity index (χ3v) is 3.63. The number of rotatable bonds is 6. The normalized spacial score (nSPS) is 11.0. The zero-order valence-corrected chi connectivity index (χ0v) is 14.7. The van der Waals surface area contributed by atoms with Crippen molar-refractivity contribution < 1.29 is 32.2 Å². The number of hydrogen-bond acceptors (Lipinski definition) is 4. The zero-order valence-electron chi connectivity index (χ0n) is 14.7. The lowest BCUT2D eigenvalue weighted by Gasteiger charge is -2.12. The number of ether oxygens (including phenoxy) is 2. The maximum Gasteiger partial charge on any atom is 0.416 e. The average molecular weight is 381 g/mol. The molecule has 0 bridgehead atoms. The molecule has 5 nitrogen and oxygen atoms in total. The molecule has 0 aliphatic heterocycles. The van der Waals surface area contributed by atoms with Gasteiger partial charge in [-0.2, -0.15) is 13.2 Å². The number of para-hydroxylation sites is 1. The highest BCUT2D eigenvalue weighted by Gasteiger charge is 2.30. The highest BCUT2D eigenvalue weighted by atomic mass is 19.4. The molecule has 1 N–H and O–H groups in total. The summed E-state index contributed by atoms with van der Waals surface area (Å²) in [6, 6.07) is 9.64. The van der Waals surface area contributed by atoms with Crippen molar-refractivity contribution in [3.8, 4) is 5.75 Å². The number of halogens is 3. The highest BCUT2D eigenvalue weighted by Crippen LogP contribution is 2.31. The Labute approximate surface area is 154 Å². The first-order valence-corrected chi connectivity index (χ1v) is 7.98. The van der Waals surface area contributed by atoms with Crippen LogP contribution in [0, 0.1) is 13.8 Å². The molecule has 0 aliphatic rings. The lowest BCUT2D eigenvalue weighted by Crippen LogP contribution is -2.24. The molecule has 8 heteroatoms. The summed E-state index contributed by atoms with van der Waals surface area (Å²) in [4.78, 5) is 23.5. The Balaban J connectivity index is 1.82. The number of hydrogen-bond donors (Lipinski definition) is 1. The molecule has 0 spiro atoms. The minimum absolute atomic E-state index is 0.123. The molecule has 0 radical (unpaired) electrons. The predicted octanol–water partition coefficient (Wildman–Crippen LogP) is 3.88. The van der Waals surface area contributed by atoms with Crippen LogP contribution in [0.3, 0.4) is 0 Å². The smallest absolute Gasteiger partial charge is 0.416 e. The fourth-order valence-corrected chi connectivity index (χ4v) is 2.28. The Morgan fingerprint density at radius 2 is 1.63 bits per heavy atom. The van der Waals surface area contributed by atoms with E-state index >= 15 is 0 Å².